The Hall–Kier alpha value is -2.65. The van der Waals surface area contributed by atoms with Crippen molar-refractivity contribution < 1.29 is 44.4 Å². The number of nitro benzene ring substituents is 1. The summed E-state index contributed by atoms with van der Waals surface area (Å²) in [5.74, 6) is -0.741. The highest BCUT2D eigenvalue weighted by molar-refractivity contribution is 7.89. The van der Waals surface area contributed by atoms with Crippen LogP contribution < -0.4 is 9.46 Å². The van der Waals surface area contributed by atoms with Crippen molar-refractivity contribution in [1.82, 2.24) is 9.71 Å². The molecule has 0 spiro atoms. The third-order valence-electron chi connectivity index (χ3n) is 3.77. The Bertz CT molecular complexity index is 1110. The van der Waals surface area contributed by atoms with Crippen LogP contribution in [0.2, 0.25) is 5.02 Å². The van der Waals surface area contributed by atoms with Gasteiger partial charge in [0.05, 0.1) is 27.7 Å². The van der Waals surface area contributed by atoms with Gasteiger partial charge in [-0.1, -0.05) is 11.6 Å². The topological polar surface area (TPSA) is 111 Å². The molecule has 1 aromatic carbocycles. The van der Waals surface area contributed by atoms with Crippen molar-refractivity contribution in [2.45, 2.75) is 23.7 Å². The van der Waals surface area contributed by atoms with Gasteiger partial charge in [-0.3, -0.25) is 10.1 Å². The number of sulfonamides is 1. The summed E-state index contributed by atoms with van der Waals surface area (Å²) in [6.07, 6.45) is -10.7. The standard InChI is InChI=1S/C16H12ClF6N3O5S/c17-12-3-2-9(26(27)28)6-13(12)32(29,30)25-4-1-5-31-14-7-10(15(18,19)20)11(8-24-14)16(21,22)23/h2-3,6-8,25H,1,4-5H2. The second-order valence-corrected chi connectivity index (χ2v) is 8.18. The molecule has 1 N–H and O–H groups in total. The number of benzene rings is 1. The monoisotopic (exact) mass is 507 g/mol. The highest BCUT2D eigenvalue weighted by Gasteiger charge is 2.43. The van der Waals surface area contributed by atoms with Crippen LogP contribution in [0.25, 0.3) is 0 Å². The molecule has 0 bridgehead atoms. The zero-order valence-corrected chi connectivity index (χ0v) is 17.1. The van der Waals surface area contributed by atoms with Crippen LogP contribution in [0.3, 0.4) is 0 Å². The lowest BCUT2D eigenvalue weighted by molar-refractivity contribution is -0.385. The normalized spacial score (nSPS) is 12.6. The minimum atomic E-state index is -5.31. The number of ether oxygens (including phenoxy) is 1. The summed E-state index contributed by atoms with van der Waals surface area (Å²) < 4.78 is 108. The Labute approximate surface area is 181 Å². The molecule has 8 nitrogen and oxygen atoms in total. The van der Waals surface area contributed by atoms with Crippen LogP contribution in [0.5, 0.6) is 5.88 Å². The number of hydrogen-bond donors (Lipinski definition) is 1. The van der Waals surface area contributed by atoms with E-state index in [1.807, 2.05) is 0 Å². The molecule has 0 fully saturated rings. The number of rotatable bonds is 8. The molecule has 0 saturated heterocycles. The van der Waals surface area contributed by atoms with E-state index in [0.717, 1.165) is 18.2 Å². The van der Waals surface area contributed by atoms with E-state index in [0.29, 0.717) is 0 Å². The molecule has 0 unspecified atom stereocenters. The molecule has 32 heavy (non-hydrogen) atoms. The fourth-order valence-electron chi connectivity index (χ4n) is 2.32. The first-order valence-corrected chi connectivity index (χ1v) is 10.2. The minimum Gasteiger partial charge on any atom is -0.478 e. The van der Waals surface area contributed by atoms with Gasteiger partial charge in [0.15, 0.2) is 0 Å². The average molecular weight is 508 g/mol. The lowest BCUT2D eigenvalue weighted by Gasteiger charge is -2.16. The molecule has 0 aliphatic heterocycles. The molecule has 2 rings (SSSR count). The average Bonchev–Trinajstić information content (AvgIpc) is 2.66. The summed E-state index contributed by atoms with van der Waals surface area (Å²) in [4.78, 5) is 12.6. The van der Waals surface area contributed by atoms with Gasteiger partial charge >= 0.3 is 12.4 Å². The zero-order valence-electron chi connectivity index (χ0n) is 15.5. The number of halogens is 7. The second-order valence-electron chi connectivity index (χ2n) is 6.04. The van der Waals surface area contributed by atoms with Crippen LogP contribution in [0.15, 0.2) is 35.4 Å². The molecular formula is C16H12ClF6N3O5S. The Morgan fingerprint density at radius 2 is 1.72 bits per heavy atom. The number of pyridine rings is 1. The number of non-ortho nitro benzene ring substituents is 1. The van der Waals surface area contributed by atoms with Gasteiger partial charge in [0.25, 0.3) is 5.69 Å². The maximum Gasteiger partial charge on any atom is 0.418 e. The first-order chi connectivity index (χ1) is 14.6. The van der Waals surface area contributed by atoms with E-state index in [-0.39, 0.29) is 30.3 Å². The van der Waals surface area contributed by atoms with Crippen molar-refractivity contribution in [2.75, 3.05) is 13.2 Å². The molecular weight excluding hydrogens is 496 g/mol. The quantitative estimate of drug-likeness (QED) is 0.245. The Morgan fingerprint density at radius 1 is 1.09 bits per heavy atom. The van der Waals surface area contributed by atoms with Crippen LogP contribution in [-0.2, 0) is 22.4 Å². The van der Waals surface area contributed by atoms with Crippen LogP contribution in [-0.4, -0.2) is 31.5 Å². The largest absolute Gasteiger partial charge is 0.478 e. The van der Waals surface area contributed by atoms with Gasteiger partial charge in [-0.2, -0.15) is 26.3 Å². The number of nitrogens with one attached hydrogen (secondary N) is 1. The van der Waals surface area contributed by atoms with Crippen molar-refractivity contribution >= 4 is 27.3 Å². The van der Waals surface area contributed by atoms with Gasteiger partial charge in [0.1, 0.15) is 4.90 Å². The molecule has 1 aromatic heterocycles. The predicted molar refractivity (Wildman–Crippen MR) is 97.6 cm³/mol. The van der Waals surface area contributed by atoms with E-state index >= 15 is 0 Å². The molecule has 0 atom stereocenters. The fraction of sp³-hybridized carbons (Fsp3) is 0.312. The summed E-state index contributed by atoms with van der Waals surface area (Å²) in [5, 5.41) is 10.5. The Morgan fingerprint density at radius 3 is 2.28 bits per heavy atom. The molecule has 0 amide bonds. The van der Waals surface area contributed by atoms with Crippen LogP contribution in [0.1, 0.15) is 17.5 Å². The molecule has 0 saturated carbocycles. The number of aromatic nitrogens is 1. The van der Waals surface area contributed by atoms with E-state index in [1.165, 1.54) is 0 Å². The zero-order chi connectivity index (χ0) is 24.3. The summed E-state index contributed by atoms with van der Waals surface area (Å²) in [6, 6.07) is 2.86. The van der Waals surface area contributed by atoms with Crippen molar-refractivity contribution in [3.63, 3.8) is 0 Å². The molecule has 16 heteroatoms. The molecule has 0 aliphatic rings. The first-order valence-electron chi connectivity index (χ1n) is 8.34. The van der Waals surface area contributed by atoms with Crippen molar-refractivity contribution in [2.24, 2.45) is 0 Å². The second kappa shape index (κ2) is 9.46. The molecule has 0 aliphatic carbocycles. The van der Waals surface area contributed by atoms with Crippen LogP contribution in [0, 0.1) is 10.1 Å². The fourth-order valence-corrected chi connectivity index (χ4v) is 3.91. The van der Waals surface area contributed by atoms with Gasteiger partial charge < -0.3 is 4.74 Å². The molecule has 1 heterocycles. The van der Waals surface area contributed by atoms with E-state index in [1.54, 1.807) is 0 Å². The number of nitro groups is 1. The third-order valence-corrected chi connectivity index (χ3v) is 5.71. The number of nitrogens with zero attached hydrogens (tertiary/aromatic N) is 2. The Balaban J connectivity index is 2.01. The van der Waals surface area contributed by atoms with Gasteiger partial charge in [0.2, 0.25) is 15.9 Å². The third kappa shape index (κ3) is 6.43. The number of hydrogen-bond acceptors (Lipinski definition) is 6. The van der Waals surface area contributed by atoms with E-state index in [4.69, 9.17) is 16.3 Å². The van der Waals surface area contributed by atoms with E-state index in [9.17, 15) is 44.9 Å². The molecule has 2 aromatic rings. The van der Waals surface area contributed by atoms with Gasteiger partial charge in [0, 0.05) is 30.9 Å². The van der Waals surface area contributed by atoms with E-state index in [2.05, 4.69) is 9.71 Å². The Kier molecular flexibility index (Phi) is 7.57. The van der Waals surface area contributed by atoms with E-state index < -0.39 is 61.5 Å². The predicted octanol–water partition coefficient (Wildman–Crippen LogP) is 4.43. The van der Waals surface area contributed by atoms with Crippen molar-refractivity contribution in [3.05, 3.63) is 56.7 Å². The lowest BCUT2D eigenvalue weighted by atomic mass is 10.1. The summed E-state index contributed by atoms with van der Waals surface area (Å²) in [6.45, 7) is -0.727. The smallest absolute Gasteiger partial charge is 0.418 e. The highest BCUT2D eigenvalue weighted by atomic mass is 35.5. The number of alkyl halides is 6. The highest BCUT2D eigenvalue weighted by Crippen LogP contribution is 2.40. The maximum atomic E-state index is 12.9. The molecule has 176 valence electrons. The minimum absolute atomic E-state index is 0.00876. The SMILES string of the molecule is O=[N+]([O-])c1ccc(Cl)c(S(=O)(=O)NCCCOc2cc(C(F)(F)F)c(C(F)(F)F)cn2)c1. The van der Waals surface area contributed by atoms with Gasteiger partial charge in [-0.05, 0) is 12.5 Å². The summed E-state index contributed by atoms with van der Waals surface area (Å²) in [5.41, 5.74) is -4.47. The van der Waals surface area contributed by atoms with Crippen LogP contribution in [0.4, 0.5) is 32.0 Å². The van der Waals surface area contributed by atoms with Gasteiger partial charge in [-0.15, -0.1) is 0 Å². The van der Waals surface area contributed by atoms with Crippen molar-refractivity contribution in [3.8, 4) is 5.88 Å². The summed E-state index contributed by atoms with van der Waals surface area (Å²) >= 11 is 5.76. The summed E-state index contributed by atoms with van der Waals surface area (Å²) in [7, 11) is -4.27. The molecule has 0 radical (unpaired) electrons. The van der Waals surface area contributed by atoms with Crippen LogP contribution >= 0.6 is 11.6 Å². The lowest BCUT2D eigenvalue weighted by Crippen LogP contribution is -2.26. The van der Waals surface area contributed by atoms with Crippen molar-refractivity contribution in [1.29, 1.82) is 0 Å². The van der Waals surface area contributed by atoms with Gasteiger partial charge in [-0.25, -0.2) is 18.1 Å². The maximum absolute atomic E-state index is 12.9. The first kappa shape index (κ1) is 25.6.